The van der Waals surface area contributed by atoms with Crippen LogP contribution in [0.2, 0.25) is 18.6 Å². The predicted molar refractivity (Wildman–Crippen MR) is 61.5 cm³/mol. The van der Waals surface area contributed by atoms with Crippen LogP contribution in [-0.4, -0.2) is 32.0 Å². The highest BCUT2D eigenvalue weighted by atomic mass is 28.3. The van der Waals surface area contributed by atoms with Gasteiger partial charge in [-0.15, -0.1) is 0 Å². The summed E-state index contributed by atoms with van der Waals surface area (Å²) in [6.07, 6.45) is 5.48. The number of hydrogen-bond acceptors (Lipinski definition) is 2. The Kier molecular flexibility index (Phi) is 6.80. The molecule has 13 heavy (non-hydrogen) atoms. The average Bonchev–Trinajstić information content (AvgIpc) is 2.22. The minimum absolute atomic E-state index is 0.00849. The fourth-order valence-electron chi connectivity index (χ4n) is 1.59. The van der Waals surface area contributed by atoms with E-state index in [1.165, 1.54) is 37.8 Å². The summed E-state index contributed by atoms with van der Waals surface area (Å²) >= 11 is 0. The molecule has 2 aliphatic heterocycles. The van der Waals surface area contributed by atoms with E-state index in [1.54, 1.807) is 0 Å². The molecule has 0 saturated carbocycles. The molecule has 0 aromatic heterocycles. The fourth-order valence-corrected chi connectivity index (χ4v) is 4.36. The summed E-state index contributed by atoms with van der Waals surface area (Å²) in [5, 5.41) is 0. The summed E-state index contributed by atoms with van der Waals surface area (Å²) in [6.45, 7) is 4.39. The van der Waals surface area contributed by atoms with Crippen LogP contribution in [0.5, 0.6) is 0 Å². The summed E-state index contributed by atoms with van der Waals surface area (Å²) in [5.41, 5.74) is 0. The van der Waals surface area contributed by atoms with Gasteiger partial charge in [0.15, 0.2) is 18.8 Å². The van der Waals surface area contributed by atoms with Crippen molar-refractivity contribution in [1.29, 1.82) is 0 Å². The van der Waals surface area contributed by atoms with Gasteiger partial charge in [-0.2, -0.15) is 0 Å². The molecule has 0 aromatic carbocycles. The third kappa shape index (κ3) is 6.43. The zero-order valence-corrected chi connectivity index (χ0v) is 11.3. The first kappa shape index (κ1) is 11.4. The molecule has 0 aromatic rings. The SMILES string of the molecule is C1CC[SiH2]OC1.C[SiH]1CCCCO1. The molecule has 2 saturated heterocycles. The predicted octanol–water partition coefficient (Wildman–Crippen LogP) is 1.45. The van der Waals surface area contributed by atoms with Gasteiger partial charge in [0.05, 0.1) is 0 Å². The van der Waals surface area contributed by atoms with Crippen molar-refractivity contribution in [3.63, 3.8) is 0 Å². The maximum absolute atomic E-state index is 5.42. The summed E-state index contributed by atoms with van der Waals surface area (Å²) in [4.78, 5) is 0. The lowest BCUT2D eigenvalue weighted by Gasteiger charge is -2.16. The van der Waals surface area contributed by atoms with Gasteiger partial charge in [0, 0.05) is 13.2 Å². The fraction of sp³-hybridized carbons (Fsp3) is 1.00. The first-order valence-corrected chi connectivity index (χ1v) is 9.61. The molecular formula is C9H22O2Si2. The molecular weight excluding hydrogens is 196 g/mol. The largest absolute Gasteiger partial charge is 0.424 e. The highest BCUT2D eigenvalue weighted by Gasteiger charge is 2.08. The molecule has 4 heteroatoms. The van der Waals surface area contributed by atoms with E-state index in [2.05, 4.69) is 6.55 Å². The molecule has 0 amide bonds. The highest BCUT2D eigenvalue weighted by Crippen LogP contribution is 2.09. The summed E-state index contributed by atoms with van der Waals surface area (Å²) in [5.74, 6) is 0. The smallest absolute Gasteiger partial charge is 0.173 e. The van der Waals surface area contributed by atoms with Crippen molar-refractivity contribution in [2.45, 2.75) is 44.3 Å². The maximum atomic E-state index is 5.42. The molecule has 2 rings (SSSR count). The lowest BCUT2D eigenvalue weighted by molar-refractivity contribution is 0.291. The lowest BCUT2D eigenvalue weighted by Crippen LogP contribution is -2.18. The molecule has 0 bridgehead atoms. The molecule has 0 N–H and O–H groups in total. The van der Waals surface area contributed by atoms with Gasteiger partial charge in [0.2, 0.25) is 0 Å². The van der Waals surface area contributed by atoms with Crippen molar-refractivity contribution in [1.82, 2.24) is 0 Å². The van der Waals surface area contributed by atoms with Crippen LogP contribution < -0.4 is 0 Å². The van der Waals surface area contributed by atoms with Gasteiger partial charge in [0.25, 0.3) is 0 Å². The van der Waals surface area contributed by atoms with Crippen molar-refractivity contribution in [3.05, 3.63) is 0 Å². The normalized spacial score (nSPS) is 30.7. The molecule has 2 fully saturated rings. The minimum atomic E-state index is -0.595. The van der Waals surface area contributed by atoms with Crippen LogP contribution in [0.3, 0.4) is 0 Å². The van der Waals surface area contributed by atoms with Crippen molar-refractivity contribution in [3.8, 4) is 0 Å². The van der Waals surface area contributed by atoms with Crippen LogP contribution in [0, 0.1) is 0 Å². The van der Waals surface area contributed by atoms with Crippen LogP contribution in [0.25, 0.3) is 0 Å². The maximum Gasteiger partial charge on any atom is 0.173 e. The summed E-state index contributed by atoms with van der Waals surface area (Å²) < 4.78 is 10.6. The number of hydrogen-bond donors (Lipinski definition) is 0. The van der Waals surface area contributed by atoms with Gasteiger partial charge < -0.3 is 8.85 Å². The molecule has 0 radical (unpaired) electrons. The van der Waals surface area contributed by atoms with E-state index in [0.717, 1.165) is 13.2 Å². The van der Waals surface area contributed by atoms with E-state index >= 15 is 0 Å². The zero-order valence-electron chi connectivity index (χ0n) is 8.76. The Labute approximate surface area is 85.7 Å². The second-order valence-electron chi connectivity index (χ2n) is 3.85. The average molecular weight is 218 g/mol. The molecule has 0 spiro atoms. The van der Waals surface area contributed by atoms with Gasteiger partial charge in [-0.1, -0.05) is 12.8 Å². The van der Waals surface area contributed by atoms with E-state index in [4.69, 9.17) is 8.85 Å². The number of rotatable bonds is 0. The quantitative estimate of drug-likeness (QED) is 0.573. The van der Waals surface area contributed by atoms with Crippen LogP contribution in [0.4, 0.5) is 0 Å². The van der Waals surface area contributed by atoms with E-state index in [0.29, 0.717) is 0 Å². The second-order valence-corrected chi connectivity index (χ2v) is 7.91. The minimum Gasteiger partial charge on any atom is -0.424 e. The third-order valence-corrected chi connectivity index (χ3v) is 5.88. The summed E-state index contributed by atoms with van der Waals surface area (Å²) in [6, 6.07) is 2.82. The first-order valence-electron chi connectivity index (χ1n) is 5.59. The molecule has 1 atom stereocenters. The van der Waals surface area contributed by atoms with Gasteiger partial charge >= 0.3 is 0 Å². The molecule has 0 aliphatic carbocycles. The summed E-state index contributed by atoms with van der Waals surface area (Å²) in [7, 11) is -0.586. The molecule has 2 aliphatic rings. The molecule has 78 valence electrons. The van der Waals surface area contributed by atoms with Crippen molar-refractivity contribution in [2.24, 2.45) is 0 Å². The molecule has 1 unspecified atom stereocenters. The van der Waals surface area contributed by atoms with Gasteiger partial charge in [-0.3, -0.25) is 0 Å². The van der Waals surface area contributed by atoms with Gasteiger partial charge in [-0.25, -0.2) is 0 Å². The third-order valence-electron chi connectivity index (χ3n) is 2.48. The van der Waals surface area contributed by atoms with Crippen LogP contribution in [0.15, 0.2) is 0 Å². The Morgan fingerprint density at radius 1 is 1.08 bits per heavy atom. The van der Waals surface area contributed by atoms with Gasteiger partial charge in [0.1, 0.15) is 0 Å². The molecule has 2 heterocycles. The Morgan fingerprint density at radius 2 is 1.92 bits per heavy atom. The van der Waals surface area contributed by atoms with Crippen LogP contribution in [0.1, 0.15) is 25.7 Å². The lowest BCUT2D eigenvalue weighted by atomic mass is 10.4. The van der Waals surface area contributed by atoms with E-state index < -0.39 is 9.04 Å². The van der Waals surface area contributed by atoms with E-state index in [-0.39, 0.29) is 9.76 Å². The van der Waals surface area contributed by atoms with E-state index in [1.807, 2.05) is 0 Å². The van der Waals surface area contributed by atoms with Crippen molar-refractivity contribution < 1.29 is 8.85 Å². The Hall–Kier alpha value is 0.354. The van der Waals surface area contributed by atoms with Crippen molar-refractivity contribution >= 4 is 18.8 Å². The van der Waals surface area contributed by atoms with E-state index in [9.17, 15) is 0 Å². The topological polar surface area (TPSA) is 18.5 Å². The zero-order chi connectivity index (χ0) is 9.36. The van der Waals surface area contributed by atoms with Crippen LogP contribution >= 0.6 is 0 Å². The Bertz CT molecular complexity index is 101. The Balaban J connectivity index is 0.000000132. The standard InChI is InChI=1S/C5H12OSi.C4H10OSi/c1-7-5-3-2-4-6-7;1-2-4-6-5-3-1/h7H,2-5H2,1H3;1-4,6H2. The monoisotopic (exact) mass is 218 g/mol. The Morgan fingerprint density at radius 3 is 2.15 bits per heavy atom. The second kappa shape index (κ2) is 7.73. The first-order chi connectivity index (χ1) is 6.39. The molecule has 2 nitrogen and oxygen atoms in total. The van der Waals surface area contributed by atoms with Crippen LogP contribution in [-0.2, 0) is 8.85 Å². The van der Waals surface area contributed by atoms with Crippen molar-refractivity contribution in [2.75, 3.05) is 13.2 Å². The highest BCUT2D eigenvalue weighted by molar-refractivity contribution is 6.50. The van der Waals surface area contributed by atoms with Gasteiger partial charge in [-0.05, 0) is 31.5 Å².